The number of hydrogen-bond acceptors (Lipinski definition) is 2. The molecule has 0 aromatic heterocycles. The minimum absolute atomic E-state index is 0.0791. The van der Waals surface area contributed by atoms with Gasteiger partial charge in [-0.15, -0.1) is 0 Å². The maximum absolute atomic E-state index is 10.5. The molecular weight excluding hydrogens is 497 g/mol. The van der Waals surface area contributed by atoms with Gasteiger partial charge in [0.15, 0.2) is 6.29 Å². The third kappa shape index (κ3) is 2.03. The molecule has 1 rings (SSSR count). The topological polar surface area (TPSA) is 37.3 Å². The van der Waals surface area contributed by atoms with Gasteiger partial charge in [-0.05, 0) is 73.8 Å². The Morgan fingerprint density at radius 1 is 1.25 bits per heavy atom. The van der Waals surface area contributed by atoms with Crippen molar-refractivity contribution in [1.29, 1.82) is 0 Å². The van der Waals surface area contributed by atoms with Crippen LogP contribution >= 0.6 is 67.8 Å². The minimum Gasteiger partial charge on any atom is -0.506 e. The largest absolute Gasteiger partial charge is 0.506 e. The van der Waals surface area contributed by atoms with Gasteiger partial charge in [0, 0.05) is 7.14 Å². The van der Waals surface area contributed by atoms with E-state index >= 15 is 0 Å². The SMILES string of the molecule is O=Cc1cc(I)c(I)c(I)c1O. The molecule has 0 aliphatic rings. The molecule has 0 bridgehead atoms. The van der Waals surface area contributed by atoms with E-state index in [2.05, 4.69) is 45.2 Å². The molecule has 0 saturated heterocycles. The molecule has 64 valence electrons. The van der Waals surface area contributed by atoms with Crippen molar-refractivity contribution in [3.63, 3.8) is 0 Å². The van der Waals surface area contributed by atoms with Gasteiger partial charge in [-0.2, -0.15) is 0 Å². The highest BCUT2D eigenvalue weighted by atomic mass is 127. The fourth-order valence-corrected chi connectivity index (χ4v) is 2.83. The second-order valence-electron chi connectivity index (χ2n) is 2.04. The summed E-state index contributed by atoms with van der Waals surface area (Å²) in [6.45, 7) is 0. The highest BCUT2D eigenvalue weighted by Gasteiger charge is 2.11. The lowest BCUT2D eigenvalue weighted by atomic mass is 10.2. The van der Waals surface area contributed by atoms with Gasteiger partial charge in [0.25, 0.3) is 0 Å². The number of halogens is 3. The predicted octanol–water partition coefficient (Wildman–Crippen LogP) is 3.02. The van der Waals surface area contributed by atoms with Crippen molar-refractivity contribution in [3.8, 4) is 5.75 Å². The molecule has 2 nitrogen and oxygen atoms in total. The maximum Gasteiger partial charge on any atom is 0.153 e. The molecule has 0 aliphatic heterocycles. The van der Waals surface area contributed by atoms with Gasteiger partial charge in [-0.1, -0.05) is 0 Å². The first-order valence-corrected chi connectivity index (χ1v) is 6.13. The molecule has 0 heterocycles. The highest BCUT2D eigenvalue weighted by molar-refractivity contribution is 14.1. The predicted molar refractivity (Wildman–Crippen MR) is 71.6 cm³/mol. The Hall–Kier alpha value is 0.880. The van der Waals surface area contributed by atoms with Crippen molar-refractivity contribution >= 4 is 74.1 Å². The summed E-state index contributed by atoms with van der Waals surface area (Å²) < 4.78 is 2.71. The Balaban J connectivity index is 3.49. The molecule has 0 atom stereocenters. The monoisotopic (exact) mass is 500 g/mol. The molecule has 0 fully saturated rings. The smallest absolute Gasteiger partial charge is 0.153 e. The molecule has 0 spiro atoms. The summed E-state index contributed by atoms with van der Waals surface area (Å²) in [5, 5.41) is 9.46. The Bertz CT molecular complexity index is 336. The lowest BCUT2D eigenvalue weighted by Crippen LogP contribution is -1.91. The molecular formula is C7H3I3O2. The maximum atomic E-state index is 10.5. The first-order chi connectivity index (χ1) is 5.57. The summed E-state index contributed by atoms with van der Waals surface area (Å²) >= 11 is 6.29. The summed E-state index contributed by atoms with van der Waals surface area (Å²) in [5.74, 6) is 0.0791. The summed E-state index contributed by atoms with van der Waals surface area (Å²) in [5.41, 5.74) is 0.351. The average molecular weight is 500 g/mol. The third-order valence-corrected chi connectivity index (χ3v) is 6.38. The van der Waals surface area contributed by atoms with Crippen molar-refractivity contribution in [2.24, 2.45) is 0 Å². The lowest BCUT2D eigenvalue weighted by molar-refractivity contribution is 0.112. The Labute approximate surface area is 111 Å². The number of hydrogen-bond donors (Lipinski definition) is 1. The lowest BCUT2D eigenvalue weighted by Gasteiger charge is -2.04. The van der Waals surface area contributed by atoms with Crippen molar-refractivity contribution in [2.45, 2.75) is 0 Å². The summed E-state index contributed by atoms with van der Waals surface area (Å²) in [7, 11) is 0. The van der Waals surface area contributed by atoms with Gasteiger partial charge < -0.3 is 5.11 Å². The van der Waals surface area contributed by atoms with E-state index in [-0.39, 0.29) is 5.75 Å². The molecule has 1 aromatic rings. The Morgan fingerprint density at radius 2 is 1.83 bits per heavy atom. The number of benzene rings is 1. The van der Waals surface area contributed by atoms with Gasteiger partial charge in [0.1, 0.15) is 5.75 Å². The quantitative estimate of drug-likeness (QED) is 0.366. The first kappa shape index (κ1) is 11.0. The van der Waals surface area contributed by atoms with Crippen LogP contribution in [0.25, 0.3) is 0 Å². The van der Waals surface area contributed by atoms with Crippen LogP contribution < -0.4 is 0 Å². The fraction of sp³-hybridized carbons (Fsp3) is 0. The molecule has 0 amide bonds. The fourth-order valence-electron chi connectivity index (χ4n) is 0.694. The third-order valence-electron chi connectivity index (χ3n) is 1.29. The number of aldehydes is 1. The van der Waals surface area contributed by atoms with E-state index in [0.29, 0.717) is 11.8 Å². The standard InChI is InChI=1S/C7H3I3O2/c8-4-1-3(2-11)7(12)6(10)5(4)9/h1-2,12H. The van der Waals surface area contributed by atoms with Gasteiger partial charge in [0.2, 0.25) is 0 Å². The number of carbonyl (C=O) groups excluding carboxylic acids is 1. The molecule has 1 N–H and O–H groups in total. The Morgan fingerprint density at radius 3 is 2.33 bits per heavy atom. The molecule has 1 aromatic carbocycles. The van der Waals surface area contributed by atoms with Crippen LogP contribution in [0.2, 0.25) is 0 Å². The van der Waals surface area contributed by atoms with Crippen LogP contribution in [0.4, 0.5) is 0 Å². The molecule has 0 aliphatic carbocycles. The highest BCUT2D eigenvalue weighted by Crippen LogP contribution is 2.31. The second-order valence-corrected chi connectivity index (χ2v) is 5.36. The molecule has 5 heteroatoms. The zero-order chi connectivity index (χ0) is 9.30. The first-order valence-electron chi connectivity index (χ1n) is 2.89. The number of rotatable bonds is 1. The van der Waals surface area contributed by atoms with Gasteiger partial charge in [-0.25, -0.2) is 0 Å². The second kappa shape index (κ2) is 4.40. The van der Waals surface area contributed by atoms with Crippen LogP contribution in [0.3, 0.4) is 0 Å². The van der Waals surface area contributed by atoms with E-state index in [1.54, 1.807) is 6.07 Å². The van der Waals surface area contributed by atoms with E-state index in [9.17, 15) is 9.90 Å². The molecule has 0 unspecified atom stereocenters. The van der Waals surface area contributed by atoms with Crippen molar-refractivity contribution in [3.05, 3.63) is 22.3 Å². The molecule has 0 saturated carbocycles. The molecule has 12 heavy (non-hydrogen) atoms. The zero-order valence-electron chi connectivity index (χ0n) is 5.64. The summed E-state index contributed by atoms with van der Waals surface area (Å²) in [6, 6.07) is 1.67. The normalized spacial score (nSPS) is 9.92. The van der Waals surface area contributed by atoms with E-state index in [0.717, 1.165) is 10.7 Å². The average Bonchev–Trinajstić information content (AvgIpc) is 2.08. The zero-order valence-corrected chi connectivity index (χ0v) is 12.1. The van der Waals surface area contributed by atoms with E-state index < -0.39 is 0 Å². The van der Waals surface area contributed by atoms with Gasteiger partial charge in [0.05, 0.1) is 9.13 Å². The number of carbonyl (C=O) groups is 1. The number of phenolic OH excluding ortho intramolecular Hbond substituents is 1. The summed E-state index contributed by atoms with van der Waals surface area (Å²) in [4.78, 5) is 10.5. The minimum atomic E-state index is 0.0791. The van der Waals surface area contributed by atoms with Crippen LogP contribution in [-0.4, -0.2) is 11.4 Å². The van der Waals surface area contributed by atoms with Crippen LogP contribution in [0.15, 0.2) is 6.07 Å². The van der Waals surface area contributed by atoms with Crippen molar-refractivity contribution in [1.82, 2.24) is 0 Å². The van der Waals surface area contributed by atoms with E-state index in [1.807, 2.05) is 22.6 Å². The number of aromatic hydroxyl groups is 1. The number of phenols is 1. The van der Waals surface area contributed by atoms with Gasteiger partial charge >= 0.3 is 0 Å². The van der Waals surface area contributed by atoms with Gasteiger partial charge in [-0.3, -0.25) is 4.79 Å². The van der Waals surface area contributed by atoms with E-state index in [1.165, 1.54) is 0 Å². The van der Waals surface area contributed by atoms with Crippen LogP contribution in [0.1, 0.15) is 10.4 Å². The van der Waals surface area contributed by atoms with E-state index in [4.69, 9.17) is 0 Å². The van der Waals surface area contributed by atoms with Crippen molar-refractivity contribution in [2.75, 3.05) is 0 Å². The van der Waals surface area contributed by atoms with Crippen molar-refractivity contribution < 1.29 is 9.90 Å². The Kier molecular flexibility index (Phi) is 4.02. The van der Waals surface area contributed by atoms with Crippen LogP contribution in [-0.2, 0) is 0 Å². The summed E-state index contributed by atoms with van der Waals surface area (Å²) in [6.07, 6.45) is 0.662. The van der Waals surface area contributed by atoms with Crippen LogP contribution in [0.5, 0.6) is 5.75 Å². The molecule has 0 radical (unpaired) electrons. The van der Waals surface area contributed by atoms with Crippen LogP contribution in [0, 0.1) is 10.7 Å².